The van der Waals surface area contributed by atoms with Gasteiger partial charge in [-0.25, -0.2) is 4.98 Å². The first-order valence-electron chi connectivity index (χ1n) is 3.10. The van der Waals surface area contributed by atoms with Gasteiger partial charge in [0.1, 0.15) is 3.70 Å². The van der Waals surface area contributed by atoms with Gasteiger partial charge < -0.3 is 9.84 Å². The highest BCUT2D eigenvalue weighted by Gasteiger charge is 2.33. The van der Waals surface area contributed by atoms with Crippen LogP contribution >= 0.6 is 22.6 Å². The van der Waals surface area contributed by atoms with Gasteiger partial charge in [-0.05, 0) is 22.6 Å². The monoisotopic (exact) mass is 323 g/mol. The Morgan fingerprint density at radius 1 is 1.43 bits per heavy atom. The van der Waals surface area contributed by atoms with Crippen LogP contribution in [0.1, 0.15) is 0 Å². The zero-order valence-electron chi connectivity index (χ0n) is 6.27. The van der Waals surface area contributed by atoms with E-state index in [-0.39, 0.29) is 3.70 Å². The minimum Gasteiger partial charge on any atom is -0.505 e. The summed E-state index contributed by atoms with van der Waals surface area (Å²) in [4.78, 5) is 3.00. The van der Waals surface area contributed by atoms with Crippen molar-refractivity contribution >= 4 is 22.6 Å². The maximum absolute atomic E-state index is 12.7. The third kappa shape index (κ3) is 2.86. The van der Waals surface area contributed by atoms with Gasteiger partial charge in [-0.1, -0.05) is 0 Å². The van der Waals surface area contributed by atoms with Gasteiger partial charge in [0.25, 0.3) is 5.95 Å². The molecule has 0 aliphatic carbocycles. The fraction of sp³-hybridized carbons (Fsp3) is 0.167. The molecule has 0 aromatic carbocycles. The molecule has 0 amide bonds. The fourth-order valence-corrected chi connectivity index (χ4v) is 1.01. The van der Waals surface area contributed by atoms with Crippen LogP contribution in [0.2, 0.25) is 0 Å². The Kier molecular flexibility index (Phi) is 3.02. The molecule has 0 saturated heterocycles. The lowest BCUT2D eigenvalue weighted by Crippen LogP contribution is -2.18. The molecule has 8 heteroatoms. The highest BCUT2D eigenvalue weighted by atomic mass is 127. The average molecular weight is 323 g/mol. The van der Waals surface area contributed by atoms with E-state index < -0.39 is 23.8 Å². The molecule has 1 rings (SSSR count). The quantitative estimate of drug-likeness (QED) is 0.490. The van der Waals surface area contributed by atoms with Crippen molar-refractivity contribution in [2.75, 3.05) is 0 Å². The van der Waals surface area contributed by atoms with Crippen LogP contribution in [0.5, 0.6) is 11.5 Å². The highest BCUT2D eigenvalue weighted by molar-refractivity contribution is 14.1. The first-order valence-corrected chi connectivity index (χ1v) is 4.18. The summed E-state index contributed by atoms with van der Waals surface area (Å²) < 4.78 is 50.8. The summed E-state index contributed by atoms with van der Waals surface area (Å²) >= 11 is 1.47. The van der Waals surface area contributed by atoms with Gasteiger partial charge in [0.2, 0.25) is 0 Å². The van der Waals surface area contributed by atoms with Crippen LogP contribution in [0, 0.1) is 9.65 Å². The lowest BCUT2D eigenvalue weighted by Gasteiger charge is -2.09. The number of hydrogen-bond donors (Lipinski definition) is 1. The average Bonchev–Trinajstić information content (AvgIpc) is 1.97. The second-order valence-corrected chi connectivity index (χ2v) is 3.16. The Hall–Kier alpha value is -0.800. The summed E-state index contributed by atoms with van der Waals surface area (Å²) in [6.45, 7) is 0. The van der Waals surface area contributed by atoms with Gasteiger partial charge in [-0.15, -0.1) is 13.2 Å². The molecule has 1 aromatic heterocycles. The van der Waals surface area contributed by atoms with E-state index in [9.17, 15) is 17.6 Å². The number of hydrogen-bond acceptors (Lipinski definition) is 3. The molecule has 0 radical (unpaired) electrons. The van der Waals surface area contributed by atoms with Crippen LogP contribution in [-0.2, 0) is 0 Å². The van der Waals surface area contributed by atoms with Crippen molar-refractivity contribution in [3.8, 4) is 11.5 Å². The van der Waals surface area contributed by atoms with Crippen molar-refractivity contribution in [1.29, 1.82) is 0 Å². The van der Waals surface area contributed by atoms with E-state index in [1.54, 1.807) is 0 Å². The Morgan fingerprint density at radius 2 is 2.00 bits per heavy atom. The van der Waals surface area contributed by atoms with Crippen molar-refractivity contribution in [3.63, 3.8) is 0 Å². The number of ether oxygens (including phenoxy) is 1. The van der Waals surface area contributed by atoms with Crippen molar-refractivity contribution in [3.05, 3.63) is 15.7 Å². The molecule has 3 nitrogen and oxygen atoms in total. The third-order valence-electron chi connectivity index (χ3n) is 1.10. The van der Waals surface area contributed by atoms with Gasteiger partial charge in [0, 0.05) is 6.07 Å². The molecule has 0 saturated carbocycles. The van der Waals surface area contributed by atoms with Crippen LogP contribution in [0.25, 0.3) is 0 Å². The van der Waals surface area contributed by atoms with Crippen molar-refractivity contribution < 1.29 is 27.4 Å². The normalized spacial score (nSPS) is 11.5. The minimum atomic E-state index is -5.01. The zero-order valence-corrected chi connectivity index (χ0v) is 8.43. The second kappa shape index (κ2) is 3.75. The molecule has 14 heavy (non-hydrogen) atoms. The molecule has 0 bridgehead atoms. The van der Waals surface area contributed by atoms with Crippen molar-refractivity contribution in [2.24, 2.45) is 0 Å². The van der Waals surface area contributed by atoms with Gasteiger partial charge in [0.15, 0.2) is 11.5 Å². The van der Waals surface area contributed by atoms with Gasteiger partial charge in [-0.3, -0.25) is 0 Å². The topological polar surface area (TPSA) is 42.4 Å². The highest BCUT2D eigenvalue weighted by Crippen LogP contribution is 2.29. The number of rotatable bonds is 1. The summed E-state index contributed by atoms with van der Waals surface area (Å²) in [5, 5.41) is 8.94. The maximum Gasteiger partial charge on any atom is 0.573 e. The number of aromatic nitrogens is 1. The summed E-state index contributed by atoms with van der Waals surface area (Å²) in [5.41, 5.74) is 0. The Balaban J connectivity index is 3.04. The van der Waals surface area contributed by atoms with E-state index in [0.29, 0.717) is 6.07 Å². The Bertz CT molecular complexity index is 354. The van der Waals surface area contributed by atoms with E-state index in [1.807, 2.05) is 0 Å². The molecule has 0 fully saturated rings. The van der Waals surface area contributed by atoms with E-state index in [1.165, 1.54) is 22.6 Å². The predicted molar refractivity (Wildman–Crippen MR) is 45.3 cm³/mol. The molecule has 1 N–H and O–H groups in total. The van der Waals surface area contributed by atoms with E-state index in [2.05, 4.69) is 9.72 Å². The summed E-state index contributed by atoms with van der Waals surface area (Å²) in [6.07, 6.45) is -5.01. The van der Waals surface area contributed by atoms with Gasteiger partial charge >= 0.3 is 6.36 Å². The predicted octanol–water partition coefficient (Wildman–Crippen LogP) is 2.43. The molecule has 78 valence electrons. The van der Waals surface area contributed by atoms with Crippen molar-refractivity contribution in [2.45, 2.75) is 6.36 Å². The van der Waals surface area contributed by atoms with E-state index in [0.717, 1.165) is 0 Å². The van der Waals surface area contributed by atoms with Crippen LogP contribution in [0.4, 0.5) is 17.6 Å². The number of alkyl halides is 3. The number of nitrogens with zero attached hydrogens (tertiary/aromatic N) is 1. The van der Waals surface area contributed by atoms with Gasteiger partial charge in [0.05, 0.1) is 0 Å². The molecule has 0 spiro atoms. The van der Waals surface area contributed by atoms with Gasteiger partial charge in [-0.2, -0.15) is 4.39 Å². The maximum atomic E-state index is 12.7. The number of pyridine rings is 1. The second-order valence-electron chi connectivity index (χ2n) is 2.14. The molecule has 0 atom stereocenters. The first kappa shape index (κ1) is 11.3. The minimum absolute atomic E-state index is 0.144. The lowest BCUT2D eigenvalue weighted by atomic mass is 10.4. The van der Waals surface area contributed by atoms with E-state index in [4.69, 9.17) is 5.11 Å². The van der Waals surface area contributed by atoms with Crippen LogP contribution in [0.3, 0.4) is 0 Å². The van der Waals surface area contributed by atoms with Crippen LogP contribution in [0.15, 0.2) is 6.07 Å². The Labute approximate surface area is 88.8 Å². The Morgan fingerprint density at radius 3 is 2.50 bits per heavy atom. The largest absolute Gasteiger partial charge is 0.573 e. The number of halogens is 5. The molecule has 1 heterocycles. The lowest BCUT2D eigenvalue weighted by molar-refractivity contribution is -0.275. The SMILES string of the molecule is Oc1cc(OC(F)(F)F)c(F)nc1I. The fourth-order valence-electron chi connectivity index (χ4n) is 0.638. The zero-order chi connectivity index (χ0) is 10.9. The molecular formula is C6H2F4INO2. The first-order chi connectivity index (χ1) is 6.29. The molecular weight excluding hydrogens is 321 g/mol. The summed E-state index contributed by atoms with van der Waals surface area (Å²) in [6, 6.07) is 0.512. The van der Waals surface area contributed by atoms with Crippen LogP contribution in [-0.4, -0.2) is 16.5 Å². The molecule has 0 aliphatic heterocycles. The van der Waals surface area contributed by atoms with E-state index >= 15 is 0 Å². The van der Waals surface area contributed by atoms with Crippen molar-refractivity contribution in [1.82, 2.24) is 4.98 Å². The molecule has 0 aliphatic rings. The summed E-state index contributed by atoms with van der Waals surface area (Å²) in [7, 11) is 0. The molecule has 0 unspecified atom stereocenters. The summed E-state index contributed by atoms with van der Waals surface area (Å²) in [5.74, 6) is -3.16. The third-order valence-corrected chi connectivity index (χ3v) is 1.90. The smallest absolute Gasteiger partial charge is 0.505 e. The standard InChI is InChI=1S/C6H2F4INO2/c7-4-3(14-6(8,9)10)1-2(13)5(11)12-4/h1,13H. The number of aromatic hydroxyl groups is 1. The van der Waals surface area contributed by atoms with Crippen LogP contribution < -0.4 is 4.74 Å². The molecule has 1 aromatic rings.